The molecule has 1 aliphatic heterocycles. The number of carbonyl (C=O) groups excluding carboxylic acids is 2. The highest BCUT2D eigenvalue weighted by Crippen LogP contribution is 2.40. The minimum absolute atomic E-state index is 0.0106. The van der Waals surface area contributed by atoms with Crippen LogP contribution in [0.15, 0.2) is 30.3 Å². The lowest BCUT2D eigenvalue weighted by Crippen LogP contribution is -2.51. The van der Waals surface area contributed by atoms with Gasteiger partial charge in [-0.3, -0.25) is 9.59 Å². The van der Waals surface area contributed by atoms with Crippen molar-refractivity contribution in [3.8, 4) is 0 Å². The Morgan fingerprint density at radius 2 is 1.73 bits per heavy atom. The van der Waals surface area contributed by atoms with Gasteiger partial charge in [0.1, 0.15) is 0 Å². The second-order valence-electron chi connectivity index (χ2n) is 8.52. The van der Waals surface area contributed by atoms with Crippen LogP contribution in [-0.2, 0) is 4.79 Å². The van der Waals surface area contributed by atoms with Crippen LogP contribution in [0.1, 0.15) is 62.2 Å². The summed E-state index contributed by atoms with van der Waals surface area (Å²) >= 11 is 0. The van der Waals surface area contributed by atoms with Crippen molar-refractivity contribution in [2.45, 2.75) is 64.1 Å². The quantitative estimate of drug-likeness (QED) is 0.675. The molecule has 1 aromatic rings. The summed E-state index contributed by atoms with van der Waals surface area (Å²) in [5, 5.41) is 0. The van der Waals surface area contributed by atoms with Crippen LogP contribution in [0.3, 0.4) is 0 Å². The summed E-state index contributed by atoms with van der Waals surface area (Å²) in [4.78, 5) is 29.4. The van der Waals surface area contributed by atoms with E-state index in [4.69, 9.17) is 0 Å². The molecule has 2 fully saturated rings. The Balaban J connectivity index is 1.61. The van der Waals surface area contributed by atoms with Crippen LogP contribution < -0.4 is 0 Å². The van der Waals surface area contributed by atoms with Crippen molar-refractivity contribution in [1.29, 1.82) is 0 Å². The molecule has 3 rings (SSSR count). The van der Waals surface area contributed by atoms with Crippen LogP contribution in [0.5, 0.6) is 0 Å². The molecule has 1 aromatic carbocycles. The zero-order valence-corrected chi connectivity index (χ0v) is 17.5. The largest absolute Gasteiger partial charge is 0.391 e. The predicted molar refractivity (Wildman–Crippen MR) is 109 cm³/mol. The van der Waals surface area contributed by atoms with Crippen LogP contribution in [-0.4, -0.2) is 53.5 Å². The maximum absolute atomic E-state index is 13.2. The number of carbonyl (C=O) groups is 2. The third-order valence-electron chi connectivity index (χ3n) is 6.45. The van der Waals surface area contributed by atoms with E-state index in [1.165, 1.54) is 0 Å². The lowest BCUT2D eigenvalue weighted by atomic mass is 9.80. The van der Waals surface area contributed by atoms with Gasteiger partial charge in [0.2, 0.25) is 5.91 Å². The first-order chi connectivity index (χ1) is 14.3. The normalized spacial score (nSPS) is 23.3. The minimum Gasteiger partial charge on any atom is -0.339 e. The third-order valence-corrected chi connectivity index (χ3v) is 6.45. The Kier molecular flexibility index (Phi) is 7.42. The molecule has 2 amide bonds. The van der Waals surface area contributed by atoms with Crippen LogP contribution in [0.4, 0.5) is 13.2 Å². The van der Waals surface area contributed by atoms with Gasteiger partial charge < -0.3 is 9.80 Å². The van der Waals surface area contributed by atoms with E-state index in [0.717, 1.165) is 6.42 Å². The summed E-state index contributed by atoms with van der Waals surface area (Å²) in [6.45, 7) is 3.65. The molecule has 1 aliphatic carbocycles. The fourth-order valence-electron chi connectivity index (χ4n) is 4.80. The summed E-state index contributed by atoms with van der Waals surface area (Å²) < 4.78 is 39.5. The van der Waals surface area contributed by atoms with Gasteiger partial charge in [-0.15, -0.1) is 0 Å². The molecule has 166 valence electrons. The van der Waals surface area contributed by atoms with E-state index < -0.39 is 18.0 Å². The number of rotatable bonds is 5. The molecule has 2 atom stereocenters. The average molecular weight is 425 g/mol. The number of nitrogens with zero attached hydrogens (tertiary/aromatic N) is 2. The lowest BCUT2D eigenvalue weighted by molar-refractivity contribution is -0.187. The molecule has 0 aromatic heterocycles. The van der Waals surface area contributed by atoms with Crippen LogP contribution >= 0.6 is 0 Å². The number of benzene rings is 1. The molecule has 1 saturated carbocycles. The van der Waals surface area contributed by atoms with Crippen molar-refractivity contribution in [3.63, 3.8) is 0 Å². The molecular weight excluding hydrogens is 393 g/mol. The molecule has 0 bridgehead atoms. The van der Waals surface area contributed by atoms with Gasteiger partial charge >= 0.3 is 6.18 Å². The van der Waals surface area contributed by atoms with Gasteiger partial charge in [0, 0.05) is 37.2 Å². The Morgan fingerprint density at radius 3 is 2.33 bits per heavy atom. The van der Waals surface area contributed by atoms with Gasteiger partial charge in [-0.1, -0.05) is 31.5 Å². The van der Waals surface area contributed by atoms with Gasteiger partial charge in [-0.25, -0.2) is 0 Å². The standard InChI is InChI=1S/C23H31F3N2O2/c1-2-13-28(22(30)18-9-6-10-19(16-18)23(24,25)26)20-11-14-27(15-12-20)21(29)17-7-4-3-5-8-17/h3-5,7-8,18-20H,2,6,9-16H2,1H3. The first-order valence-corrected chi connectivity index (χ1v) is 11.0. The first-order valence-electron chi connectivity index (χ1n) is 11.0. The molecule has 1 heterocycles. The molecule has 0 radical (unpaired) electrons. The molecule has 2 unspecified atom stereocenters. The van der Waals surface area contributed by atoms with Crippen LogP contribution in [0.25, 0.3) is 0 Å². The zero-order chi connectivity index (χ0) is 21.7. The maximum Gasteiger partial charge on any atom is 0.391 e. The smallest absolute Gasteiger partial charge is 0.339 e. The van der Waals surface area contributed by atoms with Gasteiger partial charge in [-0.05, 0) is 50.7 Å². The van der Waals surface area contributed by atoms with E-state index in [9.17, 15) is 22.8 Å². The van der Waals surface area contributed by atoms with Gasteiger partial charge in [0.15, 0.2) is 0 Å². The molecule has 0 N–H and O–H groups in total. The van der Waals surface area contributed by atoms with Crippen molar-refractivity contribution in [3.05, 3.63) is 35.9 Å². The summed E-state index contributed by atoms with van der Waals surface area (Å²) in [6, 6.07) is 9.11. The highest BCUT2D eigenvalue weighted by Gasteiger charge is 2.44. The minimum atomic E-state index is -4.22. The van der Waals surface area contributed by atoms with Crippen LogP contribution in [0.2, 0.25) is 0 Å². The molecule has 30 heavy (non-hydrogen) atoms. The van der Waals surface area contributed by atoms with Gasteiger partial charge in [0.05, 0.1) is 5.92 Å². The van der Waals surface area contributed by atoms with E-state index in [-0.39, 0.29) is 30.7 Å². The number of piperidine rings is 1. The second kappa shape index (κ2) is 9.84. The zero-order valence-electron chi connectivity index (χ0n) is 17.5. The van der Waals surface area contributed by atoms with E-state index in [1.807, 2.05) is 30.0 Å². The highest BCUT2D eigenvalue weighted by molar-refractivity contribution is 5.94. The fourth-order valence-corrected chi connectivity index (χ4v) is 4.80. The van der Waals surface area contributed by atoms with Gasteiger partial charge in [0.25, 0.3) is 5.91 Å². The van der Waals surface area contributed by atoms with Crippen LogP contribution in [0, 0.1) is 11.8 Å². The lowest BCUT2D eigenvalue weighted by Gasteiger charge is -2.41. The third kappa shape index (κ3) is 5.35. The number of hydrogen-bond acceptors (Lipinski definition) is 2. The van der Waals surface area contributed by atoms with Gasteiger partial charge in [-0.2, -0.15) is 13.2 Å². The molecule has 1 saturated heterocycles. The summed E-state index contributed by atoms with van der Waals surface area (Å²) in [5.74, 6) is -2.05. The van der Waals surface area contributed by atoms with E-state index in [0.29, 0.717) is 50.9 Å². The van der Waals surface area contributed by atoms with Crippen molar-refractivity contribution >= 4 is 11.8 Å². The highest BCUT2D eigenvalue weighted by atomic mass is 19.4. The number of amides is 2. The van der Waals surface area contributed by atoms with E-state index in [2.05, 4.69) is 0 Å². The Bertz CT molecular complexity index is 715. The second-order valence-corrected chi connectivity index (χ2v) is 8.52. The Labute approximate surface area is 176 Å². The van der Waals surface area contributed by atoms with Crippen molar-refractivity contribution < 1.29 is 22.8 Å². The monoisotopic (exact) mass is 424 g/mol. The van der Waals surface area contributed by atoms with Crippen molar-refractivity contribution in [1.82, 2.24) is 9.80 Å². The predicted octanol–water partition coefficient (Wildman–Crippen LogP) is 4.90. The Morgan fingerprint density at radius 1 is 1.07 bits per heavy atom. The van der Waals surface area contributed by atoms with E-state index >= 15 is 0 Å². The number of alkyl halides is 3. The fraction of sp³-hybridized carbons (Fsp3) is 0.652. The van der Waals surface area contributed by atoms with Crippen molar-refractivity contribution in [2.75, 3.05) is 19.6 Å². The molecule has 0 spiro atoms. The first kappa shape index (κ1) is 22.6. The van der Waals surface area contributed by atoms with E-state index in [1.54, 1.807) is 17.0 Å². The molecule has 7 heteroatoms. The number of likely N-dealkylation sites (tertiary alicyclic amines) is 1. The number of halogens is 3. The number of hydrogen-bond donors (Lipinski definition) is 0. The SMILES string of the molecule is CCCN(C(=O)C1CCCC(C(F)(F)F)C1)C1CCN(C(=O)c2ccccc2)CC1. The summed E-state index contributed by atoms with van der Waals surface area (Å²) in [7, 11) is 0. The Hall–Kier alpha value is -2.05. The maximum atomic E-state index is 13.2. The molecule has 4 nitrogen and oxygen atoms in total. The van der Waals surface area contributed by atoms with Crippen molar-refractivity contribution in [2.24, 2.45) is 11.8 Å². The molecule has 2 aliphatic rings. The topological polar surface area (TPSA) is 40.6 Å². The molecular formula is C23H31F3N2O2. The average Bonchev–Trinajstić information content (AvgIpc) is 2.77. The summed E-state index contributed by atoms with van der Waals surface area (Å²) in [5.41, 5.74) is 0.651. The summed E-state index contributed by atoms with van der Waals surface area (Å²) in [6.07, 6.45) is -1.10.